The summed E-state index contributed by atoms with van der Waals surface area (Å²) in [6, 6.07) is 0.523. The van der Waals surface area contributed by atoms with Crippen LogP contribution in [0, 0.1) is 5.92 Å². The fourth-order valence-corrected chi connectivity index (χ4v) is 1.28. The summed E-state index contributed by atoms with van der Waals surface area (Å²) in [6.07, 6.45) is 1.36. The first-order valence-corrected chi connectivity index (χ1v) is 6.49. The van der Waals surface area contributed by atoms with Crippen molar-refractivity contribution in [1.82, 2.24) is 5.32 Å². The molecule has 0 bridgehead atoms. The number of hydrogen-bond acceptors (Lipinski definition) is 3. The molecule has 0 saturated heterocycles. The van der Waals surface area contributed by atoms with E-state index in [2.05, 4.69) is 39.9 Å². The van der Waals surface area contributed by atoms with E-state index < -0.39 is 0 Å². The molecule has 0 aromatic rings. The maximum Gasteiger partial charge on any atom is 0.0704 e. The highest BCUT2D eigenvalue weighted by atomic mass is 16.5. The lowest BCUT2D eigenvalue weighted by atomic mass is 10.2. The lowest BCUT2D eigenvalue weighted by Crippen LogP contribution is -2.33. The van der Waals surface area contributed by atoms with Crippen LogP contribution < -0.4 is 5.32 Å². The molecule has 1 unspecified atom stereocenters. The average Bonchev–Trinajstić information content (AvgIpc) is 2.21. The van der Waals surface area contributed by atoms with E-state index in [4.69, 9.17) is 9.47 Å². The molecule has 0 heterocycles. The van der Waals surface area contributed by atoms with Crippen molar-refractivity contribution in [3.8, 4) is 0 Å². The lowest BCUT2D eigenvalue weighted by Gasteiger charge is -2.18. The highest BCUT2D eigenvalue weighted by Crippen LogP contribution is 1.98. The third-order valence-corrected chi connectivity index (χ3v) is 2.24. The number of ether oxygens (including phenoxy) is 2. The zero-order valence-corrected chi connectivity index (χ0v) is 11.6. The lowest BCUT2D eigenvalue weighted by molar-refractivity contribution is -0.00206. The van der Waals surface area contributed by atoms with Crippen LogP contribution in [0.25, 0.3) is 0 Å². The Kier molecular flexibility index (Phi) is 9.99. The van der Waals surface area contributed by atoms with Gasteiger partial charge in [-0.3, -0.25) is 0 Å². The van der Waals surface area contributed by atoms with Gasteiger partial charge in [0.1, 0.15) is 0 Å². The normalized spacial score (nSPS) is 13.7. The molecular weight excluding hydrogens is 202 g/mol. The van der Waals surface area contributed by atoms with E-state index in [9.17, 15) is 0 Å². The molecule has 0 saturated carbocycles. The van der Waals surface area contributed by atoms with Crippen molar-refractivity contribution >= 4 is 0 Å². The van der Waals surface area contributed by atoms with Crippen LogP contribution in [0.5, 0.6) is 0 Å². The second-order valence-electron chi connectivity index (χ2n) is 4.93. The molecule has 0 amide bonds. The van der Waals surface area contributed by atoms with Gasteiger partial charge in [-0.05, 0) is 12.3 Å². The Labute approximate surface area is 101 Å². The van der Waals surface area contributed by atoms with Crippen LogP contribution in [0.2, 0.25) is 0 Å². The van der Waals surface area contributed by atoms with Gasteiger partial charge in [-0.15, -0.1) is 0 Å². The molecule has 3 heteroatoms. The zero-order valence-electron chi connectivity index (χ0n) is 11.6. The third-order valence-electron chi connectivity index (χ3n) is 2.24. The molecule has 0 aromatic carbocycles. The second-order valence-corrected chi connectivity index (χ2v) is 4.93. The van der Waals surface area contributed by atoms with Crippen LogP contribution in [0.15, 0.2) is 0 Å². The van der Waals surface area contributed by atoms with E-state index in [1.165, 1.54) is 0 Å². The van der Waals surface area contributed by atoms with Gasteiger partial charge >= 0.3 is 0 Å². The minimum atomic E-state index is 0.310. The standard InChI is InChI=1S/C13H29NO2/c1-6-13(9-14-12(4)5)16-8-7-15-10-11(2)3/h11-14H,6-10H2,1-5H3. The Morgan fingerprint density at radius 2 is 1.75 bits per heavy atom. The molecule has 0 aliphatic heterocycles. The van der Waals surface area contributed by atoms with Gasteiger partial charge in [0.05, 0.1) is 19.3 Å². The van der Waals surface area contributed by atoms with E-state index in [0.29, 0.717) is 31.3 Å². The van der Waals surface area contributed by atoms with Crippen LogP contribution in [0.4, 0.5) is 0 Å². The Hall–Kier alpha value is -0.120. The molecule has 0 fully saturated rings. The van der Waals surface area contributed by atoms with Gasteiger partial charge in [0.2, 0.25) is 0 Å². The minimum Gasteiger partial charge on any atom is -0.379 e. The predicted octanol–water partition coefficient (Wildman–Crippen LogP) is 2.45. The number of nitrogens with one attached hydrogen (secondary N) is 1. The Morgan fingerprint density at radius 1 is 1.06 bits per heavy atom. The van der Waals surface area contributed by atoms with Crippen LogP contribution in [-0.2, 0) is 9.47 Å². The second kappa shape index (κ2) is 10.1. The number of hydrogen-bond donors (Lipinski definition) is 1. The molecule has 0 aliphatic rings. The zero-order chi connectivity index (χ0) is 12.4. The van der Waals surface area contributed by atoms with Gasteiger partial charge in [-0.1, -0.05) is 34.6 Å². The van der Waals surface area contributed by atoms with E-state index >= 15 is 0 Å². The maximum atomic E-state index is 5.74. The SMILES string of the molecule is CCC(CNC(C)C)OCCOCC(C)C. The largest absolute Gasteiger partial charge is 0.379 e. The van der Waals surface area contributed by atoms with Crippen molar-refractivity contribution in [2.24, 2.45) is 5.92 Å². The topological polar surface area (TPSA) is 30.5 Å². The average molecular weight is 231 g/mol. The summed E-state index contributed by atoms with van der Waals surface area (Å²) < 4.78 is 11.2. The monoisotopic (exact) mass is 231 g/mol. The summed E-state index contributed by atoms with van der Waals surface area (Å²) in [5.74, 6) is 0.601. The molecule has 0 aliphatic carbocycles. The molecule has 1 atom stereocenters. The smallest absolute Gasteiger partial charge is 0.0704 e. The number of rotatable bonds is 10. The van der Waals surface area contributed by atoms with Crippen LogP contribution in [0.3, 0.4) is 0 Å². The summed E-state index contributed by atoms with van der Waals surface area (Å²) in [7, 11) is 0. The van der Waals surface area contributed by atoms with E-state index in [-0.39, 0.29) is 0 Å². The van der Waals surface area contributed by atoms with Gasteiger partial charge in [-0.2, -0.15) is 0 Å². The quantitative estimate of drug-likeness (QED) is 0.586. The summed E-state index contributed by atoms with van der Waals surface area (Å²) in [5, 5.41) is 3.39. The molecule has 3 nitrogen and oxygen atoms in total. The fraction of sp³-hybridized carbons (Fsp3) is 1.00. The Balaban J connectivity index is 3.40. The fourth-order valence-electron chi connectivity index (χ4n) is 1.28. The van der Waals surface area contributed by atoms with E-state index in [0.717, 1.165) is 19.6 Å². The molecule has 0 rings (SSSR count). The van der Waals surface area contributed by atoms with Crippen molar-refractivity contribution in [3.05, 3.63) is 0 Å². The summed E-state index contributed by atoms with van der Waals surface area (Å²) >= 11 is 0. The molecule has 0 spiro atoms. The maximum absolute atomic E-state index is 5.74. The first-order chi connectivity index (χ1) is 7.56. The van der Waals surface area contributed by atoms with E-state index in [1.54, 1.807) is 0 Å². The van der Waals surface area contributed by atoms with Crippen molar-refractivity contribution in [2.75, 3.05) is 26.4 Å². The van der Waals surface area contributed by atoms with Crippen molar-refractivity contribution in [3.63, 3.8) is 0 Å². The predicted molar refractivity (Wildman–Crippen MR) is 68.8 cm³/mol. The minimum absolute atomic E-state index is 0.310. The van der Waals surface area contributed by atoms with Crippen LogP contribution in [-0.4, -0.2) is 38.5 Å². The summed E-state index contributed by atoms with van der Waals surface area (Å²) in [4.78, 5) is 0. The van der Waals surface area contributed by atoms with Gasteiger partial charge in [0.15, 0.2) is 0 Å². The van der Waals surface area contributed by atoms with Gasteiger partial charge in [-0.25, -0.2) is 0 Å². The Bertz CT molecular complexity index is 149. The molecule has 0 radical (unpaired) electrons. The molecule has 98 valence electrons. The highest BCUT2D eigenvalue weighted by Gasteiger charge is 2.06. The van der Waals surface area contributed by atoms with Gasteiger partial charge < -0.3 is 14.8 Å². The van der Waals surface area contributed by atoms with Crippen molar-refractivity contribution in [2.45, 2.75) is 53.2 Å². The van der Waals surface area contributed by atoms with Crippen LogP contribution in [0.1, 0.15) is 41.0 Å². The van der Waals surface area contributed by atoms with Gasteiger partial charge in [0.25, 0.3) is 0 Å². The third kappa shape index (κ3) is 10.4. The van der Waals surface area contributed by atoms with Crippen molar-refractivity contribution < 1.29 is 9.47 Å². The summed E-state index contributed by atoms with van der Waals surface area (Å²) in [5.41, 5.74) is 0. The van der Waals surface area contributed by atoms with Gasteiger partial charge in [0, 0.05) is 19.2 Å². The van der Waals surface area contributed by atoms with Crippen molar-refractivity contribution in [1.29, 1.82) is 0 Å². The Morgan fingerprint density at radius 3 is 2.25 bits per heavy atom. The molecule has 16 heavy (non-hydrogen) atoms. The summed E-state index contributed by atoms with van der Waals surface area (Å²) in [6.45, 7) is 13.9. The molecule has 1 N–H and O–H groups in total. The van der Waals surface area contributed by atoms with E-state index in [1.807, 2.05) is 0 Å². The van der Waals surface area contributed by atoms with Crippen LogP contribution >= 0.6 is 0 Å². The molecule has 0 aromatic heterocycles. The first kappa shape index (κ1) is 15.9. The highest BCUT2D eigenvalue weighted by molar-refractivity contribution is 4.62. The molecular formula is C13H29NO2. The first-order valence-electron chi connectivity index (χ1n) is 6.49.